The number of carbonyl (C=O) groups excluding carboxylic acids is 3. The largest absolute Gasteiger partial charge is 0.493 e. The number of hydrogen-bond acceptors (Lipinski definition) is 7. The van der Waals surface area contributed by atoms with Crippen molar-refractivity contribution in [2.45, 2.75) is 139 Å². The minimum atomic E-state index is -0.420. The van der Waals surface area contributed by atoms with Crippen LogP contribution >= 0.6 is 0 Å². The average Bonchev–Trinajstić information content (AvgIpc) is 3.20. The molecule has 5 aliphatic rings. The van der Waals surface area contributed by atoms with Crippen LogP contribution in [-0.4, -0.2) is 37.2 Å². The zero-order valence-corrected chi connectivity index (χ0v) is 32.9. The first kappa shape index (κ1) is 37.7. The van der Waals surface area contributed by atoms with Crippen molar-refractivity contribution in [1.82, 2.24) is 0 Å². The number of carbonyl (C=O) groups is 3. The van der Waals surface area contributed by atoms with Crippen LogP contribution in [0.5, 0.6) is 11.5 Å². The summed E-state index contributed by atoms with van der Waals surface area (Å²) in [4.78, 5) is 36.7. The van der Waals surface area contributed by atoms with Crippen LogP contribution < -0.4 is 9.47 Å². The van der Waals surface area contributed by atoms with Gasteiger partial charge in [0.1, 0.15) is 12.2 Å². The van der Waals surface area contributed by atoms with Gasteiger partial charge >= 0.3 is 17.9 Å². The standard InChI is InChI=1S/C44H62O7/c1-27(45)49-32-15-11-29(25-33(32)48-10)12-18-39(47)51-38-21-24-44(9)35(41(38,5)6)19-22-42(7)26-30-13-16-34-40(3,4)37(50-28(2)46)20-23-43(34,8)31(30)14-17-36(42)44/h11-13,15,18,25,31,34-38H,14,16-17,19-24,26H2,1-10H3/t31-,34+,35-,36?,37-,38-,42-,43+,44-/m0/s1. The van der Waals surface area contributed by atoms with E-state index in [2.05, 4.69) is 54.5 Å². The number of esters is 3. The number of allylic oxidation sites excluding steroid dienone is 2. The monoisotopic (exact) mass is 702 g/mol. The van der Waals surface area contributed by atoms with Crippen LogP contribution in [0.25, 0.3) is 6.08 Å². The molecule has 7 heteroatoms. The fourth-order valence-electron chi connectivity index (χ4n) is 12.9. The van der Waals surface area contributed by atoms with Crippen LogP contribution in [0.2, 0.25) is 0 Å². The molecule has 280 valence electrons. The molecule has 7 nitrogen and oxygen atoms in total. The van der Waals surface area contributed by atoms with Crippen molar-refractivity contribution in [2.75, 3.05) is 7.11 Å². The first-order valence-corrected chi connectivity index (χ1v) is 19.5. The Bertz CT molecular complexity index is 1600. The van der Waals surface area contributed by atoms with Crippen molar-refractivity contribution in [3.05, 3.63) is 41.5 Å². The van der Waals surface area contributed by atoms with Crippen molar-refractivity contribution in [3.8, 4) is 11.5 Å². The summed E-state index contributed by atoms with van der Waals surface area (Å²) in [6.07, 6.45) is 16.8. The van der Waals surface area contributed by atoms with E-state index in [0.29, 0.717) is 35.2 Å². The number of fused-ring (bicyclic) bond motifs is 6. The first-order chi connectivity index (χ1) is 23.8. The van der Waals surface area contributed by atoms with Crippen molar-refractivity contribution >= 4 is 24.0 Å². The van der Waals surface area contributed by atoms with Gasteiger partial charge in [-0.25, -0.2) is 4.79 Å². The van der Waals surface area contributed by atoms with Gasteiger partial charge in [-0.3, -0.25) is 9.59 Å². The van der Waals surface area contributed by atoms with Gasteiger partial charge in [-0.1, -0.05) is 66.2 Å². The molecule has 0 aliphatic heterocycles. The highest BCUT2D eigenvalue weighted by Crippen LogP contribution is 2.70. The Morgan fingerprint density at radius 3 is 2.06 bits per heavy atom. The summed E-state index contributed by atoms with van der Waals surface area (Å²) in [5.41, 5.74) is 2.90. The lowest BCUT2D eigenvalue weighted by Gasteiger charge is -2.64. The summed E-state index contributed by atoms with van der Waals surface area (Å²) in [7, 11) is 1.52. The molecular weight excluding hydrogens is 640 g/mol. The maximum absolute atomic E-state index is 13.3. The lowest BCUT2D eigenvalue weighted by molar-refractivity contribution is -0.190. The van der Waals surface area contributed by atoms with Crippen molar-refractivity contribution < 1.29 is 33.3 Å². The number of ether oxygens (including phenoxy) is 4. The van der Waals surface area contributed by atoms with Crippen LogP contribution in [-0.2, 0) is 23.9 Å². The Labute approximate surface area is 306 Å². The molecule has 0 heterocycles. The van der Waals surface area contributed by atoms with Gasteiger partial charge < -0.3 is 18.9 Å². The lowest BCUT2D eigenvalue weighted by Crippen LogP contribution is -2.59. The number of rotatable bonds is 6. The maximum Gasteiger partial charge on any atom is 0.331 e. The third kappa shape index (κ3) is 6.58. The molecule has 0 bridgehead atoms. The maximum atomic E-state index is 13.3. The number of benzene rings is 1. The summed E-state index contributed by atoms with van der Waals surface area (Å²) in [6.45, 7) is 20.0. The van der Waals surface area contributed by atoms with Crippen molar-refractivity contribution in [2.24, 2.45) is 50.7 Å². The van der Waals surface area contributed by atoms with Crippen LogP contribution in [0.15, 0.2) is 35.9 Å². The topological polar surface area (TPSA) is 88.1 Å². The second-order valence-electron chi connectivity index (χ2n) is 18.8. The van der Waals surface area contributed by atoms with Gasteiger partial charge in [0.25, 0.3) is 0 Å². The van der Waals surface area contributed by atoms with Crippen molar-refractivity contribution in [1.29, 1.82) is 0 Å². The smallest absolute Gasteiger partial charge is 0.331 e. The van der Waals surface area contributed by atoms with Gasteiger partial charge in [-0.15, -0.1) is 0 Å². The van der Waals surface area contributed by atoms with Crippen molar-refractivity contribution in [3.63, 3.8) is 0 Å². The quantitative estimate of drug-likeness (QED) is 0.126. The van der Waals surface area contributed by atoms with Crippen LogP contribution in [0, 0.1) is 50.7 Å². The van der Waals surface area contributed by atoms with E-state index in [1.54, 1.807) is 36.8 Å². The molecule has 1 aromatic carbocycles. The molecule has 1 aromatic rings. The first-order valence-electron chi connectivity index (χ1n) is 19.5. The molecule has 4 fully saturated rings. The van der Waals surface area contributed by atoms with Crippen LogP contribution in [0.4, 0.5) is 0 Å². The van der Waals surface area contributed by atoms with Gasteiger partial charge in [0.15, 0.2) is 11.5 Å². The molecule has 1 unspecified atom stereocenters. The third-order valence-corrected chi connectivity index (χ3v) is 15.2. The van der Waals surface area contributed by atoms with E-state index < -0.39 is 5.97 Å². The predicted octanol–water partition coefficient (Wildman–Crippen LogP) is 9.91. The fraction of sp³-hybridized carbons (Fsp3) is 0.705. The molecule has 0 amide bonds. The summed E-state index contributed by atoms with van der Waals surface area (Å²) >= 11 is 0. The molecule has 0 aromatic heterocycles. The molecule has 51 heavy (non-hydrogen) atoms. The highest BCUT2D eigenvalue weighted by molar-refractivity contribution is 5.87. The summed E-state index contributed by atoms with van der Waals surface area (Å²) < 4.78 is 22.8. The molecule has 4 saturated carbocycles. The molecule has 5 aliphatic carbocycles. The van der Waals surface area contributed by atoms with E-state index in [0.717, 1.165) is 44.1 Å². The molecule has 0 radical (unpaired) electrons. The minimum Gasteiger partial charge on any atom is -0.493 e. The van der Waals surface area contributed by atoms with Crippen LogP contribution in [0.1, 0.15) is 132 Å². The summed E-state index contributed by atoms with van der Waals surface area (Å²) in [6, 6.07) is 5.20. The Kier molecular flexibility index (Phi) is 9.89. The normalized spacial score (nSPS) is 38.0. The van der Waals surface area contributed by atoms with E-state index in [1.807, 2.05) is 0 Å². The van der Waals surface area contributed by atoms with E-state index in [1.165, 1.54) is 45.8 Å². The molecule has 0 saturated heterocycles. The Hall–Kier alpha value is -3.09. The molecule has 9 atom stereocenters. The Balaban J connectivity index is 1.17. The third-order valence-electron chi connectivity index (χ3n) is 15.2. The second kappa shape index (κ2) is 13.4. The number of hydrogen-bond donors (Lipinski definition) is 0. The molecular formula is C44H62O7. The van der Waals surface area contributed by atoms with Gasteiger partial charge in [0.2, 0.25) is 0 Å². The Morgan fingerprint density at radius 1 is 0.725 bits per heavy atom. The van der Waals surface area contributed by atoms with E-state index in [-0.39, 0.29) is 51.2 Å². The van der Waals surface area contributed by atoms with E-state index in [4.69, 9.17) is 18.9 Å². The second-order valence-corrected chi connectivity index (χ2v) is 18.8. The van der Waals surface area contributed by atoms with E-state index >= 15 is 0 Å². The minimum absolute atomic E-state index is 0.0145. The highest BCUT2D eigenvalue weighted by atomic mass is 16.6. The lowest BCUT2D eigenvalue weighted by atomic mass is 9.42. The summed E-state index contributed by atoms with van der Waals surface area (Å²) in [5.74, 6) is 2.01. The zero-order valence-electron chi connectivity index (χ0n) is 32.9. The van der Waals surface area contributed by atoms with Gasteiger partial charge in [-0.2, -0.15) is 0 Å². The molecule has 0 N–H and O–H groups in total. The summed E-state index contributed by atoms with van der Waals surface area (Å²) in [5, 5.41) is 0. The number of methoxy groups -OCH3 is 1. The average molecular weight is 703 g/mol. The molecule has 6 rings (SSSR count). The highest BCUT2D eigenvalue weighted by Gasteiger charge is 2.64. The Morgan fingerprint density at radius 2 is 1.39 bits per heavy atom. The van der Waals surface area contributed by atoms with Gasteiger partial charge in [-0.05, 0) is 128 Å². The van der Waals surface area contributed by atoms with Gasteiger partial charge in [0, 0.05) is 30.8 Å². The van der Waals surface area contributed by atoms with E-state index in [9.17, 15) is 14.4 Å². The van der Waals surface area contributed by atoms with Gasteiger partial charge in [0.05, 0.1) is 7.11 Å². The zero-order chi connectivity index (χ0) is 37.1. The SMILES string of the molecule is COc1cc(C=CC(=O)O[C@H]2CC[C@]3(C)C4CC[C@H]5C(=CC[C@@H]6C(C)(C)[C@@H](OC(C)=O)CC[C@@]65C)C[C@]4(C)CC[C@H]3C2(C)C)ccc1OC(C)=O. The molecule has 0 spiro atoms. The predicted molar refractivity (Wildman–Crippen MR) is 199 cm³/mol. The fourth-order valence-corrected chi connectivity index (χ4v) is 12.9. The van der Waals surface area contributed by atoms with Crippen LogP contribution in [0.3, 0.4) is 0 Å².